The molecule has 0 N–H and O–H groups in total. The number of hydrogen-bond donors (Lipinski definition) is 0. The number of hydrogen-bond acceptors (Lipinski definition) is 4. The van der Waals surface area contributed by atoms with Crippen LogP contribution >= 0.6 is 11.3 Å². The van der Waals surface area contributed by atoms with Crippen molar-refractivity contribution in [2.45, 2.75) is 45.1 Å². The highest BCUT2D eigenvalue weighted by Gasteiger charge is 2.36. The van der Waals surface area contributed by atoms with Crippen LogP contribution in [0.5, 0.6) is 0 Å². The van der Waals surface area contributed by atoms with Crippen LogP contribution in [-0.2, 0) is 9.59 Å². The summed E-state index contributed by atoms with van der Waals surface area (Å²) in [4.78, 5) is 44.1. The summed E-state index contributed by atoms with van der Waals surface area (Å²) < 4.78 is 0. The Morgan fingerprint density at radius 1 is 1.04 bits per heavy atom. The fraction of sp³-hybridized carbons (Fsp3) is 0.632. The lowest BCUT2D eigenvalue weighted by Crippen LogP contribution is -2.53. The summed E-state index contributed by atoms with van der Waals surface area (Å²) in [6.07, 6.45) is 3.94. The Morgan fingerprint density at radius 3 is 2.54 bits per heavy atom. The van der Waals surface area contributed by atoms with Crippen molar-refractivity contribution < 1.29 is 14.4 Å². The molecule has 0 radical (unpaired) electrons. The van der Waals surface area contributed by atoms with E-state index in [4.69, 9.17) is 0 Å². The van der Waals surface area contributed by atoms with Crippen molar-refractivity contribution >= 4 is 29.1 Å². The van der Waals surface area contributed by atoms with Gasteiger partial charge in [-0.05, 0) is 37.1 Å². The Morgan fingerprint density at radius 2 is 1.81 bits per heavy atom. The van der Waals surface area contributed by atoms with Crippen LogP contribution in [0.2, 0.25) is 0 Å². The number of amides is 3. The number of thiophene rings is 1. The summed E-state index contributed by atoms with van der Waals surface area (Å²) in [7, 11) is 0. The van der Waals surface area contributed by atoms with Gasteiger partial charge in [0.1, 0.15) is 6.04 Å². The normalized spacial score (nSPS) is 21.4. The molecule has 2 aliphatic rings. The van der Waals surface area contributed by atoms with Gasteiger partial charge < -0.3 is 14.7 Å². The number of carbonyl (C=O) groups excluding carboxylic acids is 3. The van der Waals surface area contributed by atoms with E-state index in [0.29, 0.717) is 44.0 Å². The Labute approximate surface area is 158 Å². The molecule has 0 aliphatic carbocycles. The zero-order valence-corrected chi connectivity index (χ0v) is 16.2. The van der Waals surface area contributed by atoms with Crippen LogP contribution in [0, 0.1) is 0 Å². The van der Waals surface area contributed by atoms with Crippen LogP contribution < -0.4 is 0 Å². The van der Waals surface area contributed by atoms with Crippen molar-refractivity contribution in [1.29, 1.82) is 0 Å². The first-order valence-corrected chi connectivity index (χ1v) is 10.4. The minimum Gasteiger partial charge on any atom is -0.341 e. The molecule has 1 aromatic heterocycles. The Hall–Kier alpha value is -1.89. The molecule has 1 unspecified atom stereocenters. The van der Waals surface area contributed by atoms with E-state index in [2.05, 4.69) is 0 Å². The molecule has 3 heterocycles. The molecule has 1 aromatic rings. The number of piperidine rings is 1. The Bertz CT molecular complexity index is 646. The SMILES string of the molecule is CCC(=O)N1CCCN(C(=O)C2CCCCN2C(=O)c2cccs2)CC1. The fourth-order valence-electron chi connectivity index (χ4n) is 3.79. The fourth-order valence-corrected chi connectivity index (χ4v) is 4.47. The maximum atomic E-state index is 13.2. The van der Waals surface area contributed by atoms with Crippen molar-refractivity contribution in [3.05, 3.63) is 22.4 Å². The summed E-state index contributed by atoms with van der Waals surface area (Å²) in [5.41, 5.74) is 0. The van der Waals surface area contributed by atoms with E-state index >= 15 is 0 Å². The van der Waals surface area contributed by atoms with E-state index in [0.717, 1.165) is 25.7 Å². The molecule has 26 heavy (non-hydrogen) atoms. The molecule has 3 amide bonds. The maximum absolute atomic E-state index is 13.2. The highest BCUT2D eigenvalue weighted by molar-refractivity contribution is 7.12. The Balaban J connectivity index is 1.68. The van der Waals surface area contributed by atoms with Gasteiger partial charge in [-0.2, -0.15) is 0 Å². The van der Waals surface area contributed by atoms with Gasteiger partial charge in [0.2, 0.25) is 11.8 Å². The second-order valence-electron chi connectivity index (χ2n) is 6.90. The first-order valence-electron chi connectivity index (χ1n) is 9.53. The third-order valence-electron chi connectivity index (χ3n) is 5.24. The molecule has 2 aliphatic heterocycles. The molecule has 2 saturated heterocycles. The lowest BCUT2D eigenvalue weighted by atomic mass is 10.0. The van der Waals surface area contributed by atoms with Gasteiger partial charge in [-0.25, -0.2) is 0 Å². The Kier molecular flexibility index (Phi) is 6.29. The zero-order valence-electron chi connectivity index (χ0n) is 15.4. The van der Waals surface area contributed by atoms with Crippen molar-refractivity contribution in [1.82, 2.24) is 14.7 Å². The van der Waals surface area contributed by atoms with Crippen molar-refractivity contribution in [3.63, 3.8) is 0 Å². The zero-order chi connectivity index (χ0) is 18.5. The average Bonchev–Trinajstić information content (AvgIpc) is 3.11. The lowest BCUT2D eigenvalue weighted by Gasteiger charge is -2.37. The molecule has 2 fully saturated rings. The molecule has 0 spiro atoms. The number of rotatable bonds is 3. The van der Waals surface area contributed by atoms with E-state index in [1.165, 1.54) is 11.3 Å². The molecule has 7 heteroatoms. The second-order valence-corrected chi connectivity index (χ2v) is 7.85. The van der Waals surface area contributed by atoms with Crippen LogP contribution in [0.1, 0.15) is 48.7 Å². The van der Waals surface area contributed by atoms with Crippen molar-refractivity contribution in [2.75, 3.05) is 32.7 Å². The summed E-state index contributed by atoms with van der Waals surface area (Å²) >= 11 is 1.42. The largest absolute Gasteiger partial charge is 0.341 e. The van der Waals surface area contributed by atoms with Gasteiger partial charge in [0.05, 0.1) is 4.88 Å². The highest BCUT2D eigenvalue weighted by Crippen LogP contribution is 2.23. The molecule has 1 atom stereocenters. The van der Waals surface area contributed by atoms with Gasteiger partial charge in [-0.15, -0.1) is 11.3 Å². The number of likely N-dealkylation sites (tertiary alicyclic amines) is 1. The van der Waals surface area contributed by atoms with E-state index in [1.54, 1.807) is 4.90 Å². The smallest absolute Gasteiger partial charge is 0.264 e. The van der Waals surface area contributed by atoms with Gasteiger partial charge >= 0.3 is 0 Å². The standard InChI is InChI=1S/C19H27N3O3S/c1-2-17(23)20-9-6-10-21(13-12-20)18(24)15-7-3-4-11-22(15)19(25)16-8-5-14-26-16/h5,8,14-15H,2-4,6-7,9-13H2,1H3. The average molecular weight is 378 g/mol. The first-order chi connectivity index (χ1) is 12.6. The molecule has 3 rings (SSSR count). The molecule has 0 saturated carbocycles. The summed E-state index contributed by atoms with van der Waals surface area (Å²) in [6, 6.07) is 3.32. The molecule has 142 valence electrons. The summed E-state index contributed by atoms with van der Waals surface area (Å²) in [5.74, 6) is 0.155. The predicted octanol–water partition coefficient (Wildman–Crippen LogP) is 2.21. The minimum absolute atomic E-state index is 0.0318. The maximum Gasteiger partial charge on any atom is 0.264 e. The third-order valence-corrected chi connectivity index (χ3v) is 6.10. The van der Waals surface area contributed by atoms with Crippen molar-refractivity contribution in [3.8, 4) is 0 Å². The van der Waals surface area contributed by atoms with Crippen molar-refractivity contribution in [2.24, 2.45) is 0 Å². The number of carbonyl (C=O) groups is 3. The van der Waals surface area contributed by atoms with Crippen LogP contribution in [0.15, 0.2) is 17.5 Å². The van der Waals surface area contributed by atoms with Crippen LogP contribution in [0.25, 0.3) is 0 Å². The molecule has 6 nitrogen and oxygen atoms in total. The van der Waals surface area contributed by atoms with Gasteiger partial charge in [-0.1, -0.05) is 13.0 Å². The molecule has 0 bridgehead atoms. The lowest BCUT2D eigenvalue weighted by molar-refractivity contribution is -0.137. The summed E-state index contributed by atoms with van der Waals surface area (Å²) in [5, 5.41) is 1.89. The van der Waals surface area contributed by atoms with Gasteiger partial charge in [0.25, 0.3) is 5.91 Å². The quantitative estimate of drug-likeness (QED) is 0.811. The van der Waals surface area contributed by atoms with E-state index in [-0.39, 0.29) is 23.8 Å². The predicted molar refractivity (Wildman–Crippen MR) is 101 cm³/mol. The monoisotopic (exact) mass is 377 g/mol. The van der Waals surface area contributed by atoms with Gasteiger partial charge in [0, 0.05) is 39.1 Å². The molecular weight excluding hydrogens is 350 g/mol. The molecular formula is C19H27N3O3S. The van der Waals surface area contributed by atoms with E-state index < -0.39 is 0 Å². The van der Waals surface area contributed by atoms with Gasteiger partial charge in [-0.3, -0.25) is 14.4 Å². The minimum atomic E-state index is -0.369. The van der Waals surface area contributed by atoms with E-state index in [9.17, 15) is 14.4 Å². The topological polar surface area (TPSA) is 60.9 Å². The second kappa shape index (κ2) is 8.66. The summed E-state index contributed by atoms with van der Waals surface area (Å²) in [6.45, 7) is 5.02. The number of nitrogens with zero attached hydrogens (tertiary/aromatic N) is 3. The van der Waals surface area contributed by atoms with Gasteiger partial charge in [0.15, 0.2) is 0 Å². The van der Waals surface area contributed by atoms with E-state index in [1.807, 2.05) is 34.2 Å². The van der Waals surface area contributed by atoms with Crippen LogP contribution in [0.3, 0.4) is 0 Å². The van der Waals surface area contributed by atoms with Crippen LogP contribution in [-0.4, -0.2) is 71.2 Å². The first kappa shape index (κ1) is 18.9. The molecule has 0 aromatic carbocycles. The highest BCUT2D eigenvalue weighted by atomic mass is 32.1. The van der Waals surface area contributed by atoms with Crippen LogP contribution in [0.4, 0.5) is 0 Å². The third kappa shape index (κ3) is 4.09.